The lowest BCUT2D eigenvalue weighted by molar-refractivity contribution is -0.116. The average Bonchev–Trinajstić information content (AvgIpc) is 2.42. The van der Waals surface area contributed by atoms with Gasteiger partial charge in [-0.05, 0) is 24.1 Å². The third kappa shape index (κ3) is 3.50. The van der Waals surface area contributed by atoms with Gasteiger partial charge in [-0.2, -0.15) is 0 Å². The number of carbonyl (C=O) groups excluding carboxylic acids is 1. The molecule has 0 saturated heterocycles. The topological polar surface area (TPSA) is 64.0 Å². The Morgan fingerprint density at radius 1 is 1.45 bits per heavy atom. The molecule has 6 heteroatoms. The summed E-state index contributed by atoms with van der Waals surface area (Å²) in [5, 5.41) is 2.46. The van der Waals surface area contributed by atoms with Crippen LogP contribution in [0.15, 0.2) is 41.5 Å². The lowest BCUT2D eigenvalue weighted by atomic mass is 10.1. The van der Waals surface area contributed by atoms with Crippen molar-refractivity contribution in [2.24, 2.45) is 7.05 Å². The second kappa shape index (κ2) is 6.10. The molecule has 1 aromatic carbocycles. The molecule has 2 aromatic rings. The molecule has 1 aromatic heterocycles. The maximum absolute atomic E-state index is 13.0. The Kier molecular flexibility index (Phi) is 4.24. The standard InChI is InChI=1S/C14H14FN3O2/c1-18-8-7-16-13(14(18)20)17-12(19)6-5-10-3-2-4-11(15)9-10/h2-4,7-9H,5-6H2,1H3,(H,16,17,19). The third-order valence-electron chi connectivity index (χ3n) is 2.80. The van der Waals surface area contributed by atoms with Crippen molar-refractivity contribution in [2.75, 3.05) is 5.32 Å². The van der Waals surface area contributed by atoms with Crippen molar-refractivity contribution >= 4 is 11.7 Å². The fourth-order valence-electron chi connectivity index (χ4n) is 1.73. The molecule has 104 valence electrons. The summed E-state index contributed by atoms with van der Waals surface area (Å²) >= 11 is 0. The molecule has 0 bridgehead atoms. The first-order valence-corrected chi connectivity index (χ1v) is 6.12. The van der Waals surface area contributed by atoms with Crippen molar-refractivity contribution < 1.29 is 9.18 Å². The van der Waals surface area contributed by atoms with E-state index >= 15 is 0 Å². The SMILES string of the molecule is Cn1ccnc(NC(=O)CCc2cccc(F)c2)c1=O. The van der Waals surface area contributed by atoms with Gasteiger partial charge >= 0.3 is 0 Å². The van der Waals surface area contributed by atoms with Crippen molar-refractivity contribution in [1.82, 2.24) is 9.55 Å². The van der Waals surface area contributed by atoms with Crippen LogP contribution in [0.2, 0.25) is 0 Å². The molecule has 0 aliphatic carbocycles. The molecule has 1 N–H and O–H groups in total. The van der Waals surface area contributed by atoms with Crippen LogP contribution in [0.4, 0.5) is 10.2 Å². The fraction of sp³-hybridized carbons (Fsp3) is 0.214. The maximum Gasteiger partial charge on any atom is 0.293 e. The number of anilines is 1. The Hall–Kier alpha value is -2.50. The molecule has 0 aliphatic rings. The highest BCUT2D eigenvalue weighted by atomic mass is 19.1. The van der Waals surface area contributed by atoms with E-state index in [9.17, 15) is 14.0 Å². The van der Waals surface area contributed by atoms with Crippen molar-refractivity contribution in [3.8, 4) is 0 Å². The van der Waals surface area contributed by atoms with Gasteiger partial charge in [0.25, 0.3) is 5.56 Å². The Morgan fingerprint density at radius 2 is 2.25 bits per heavy atom. The number of hydrogen-bond donors (Lipinski definition) is 1. The molecular weight excluding hydrogens is 261 g/mol. The second-order valence-electron chi connectivity index (χ2n) is 4.37. The lowest BCUT2D eigenvalue weighted by Gasteiger charge is -2.05. The molecule has 2 rings (SSSR count). The van der Waals surface area contributed by atoms with E-state index in [0.717, 1.165) is 5.56 Å². The Morgan fingerprint density at radius 3 is 3.00 bits per heavy atom. The predicted octanol–water partition coefficient (Wildman–Crippen LogP) is 1.49. The van der Waals surface area contributed by atoms with Crippen LogP contribution in [0.1, 0.15) is 12.0 Å². The highest BCUT2D eigenvalue weighted by Crippen LogP contribution is 2.06. The maximum atomic E-state index is 13.0. The van der Waals surface area contributed by atoms with Crippen LogP contribution in [0.25, 0.3) is 0 Å². The van der Waals surface area contributed by atoms with Gasteiger partial charge in [0.15, 0.2) is 5.82 Å². The zero-order chi connectivity index (χ0) is 14.5. The summed E-state index contributed by atoms with van der Waals surface area (Å²) in [7, 11) is 1.58. The minimum Gasteiger partial charge on any atom is -0.314 e. The van der Waals surface area contributed by atoms with Gasteiger partial charge in [0.05, 0.1) is 0 Å². The largest absolute Gasteiger partial charge is 0.314 e. The lowest BCUT2D eigenvalue weighted by Crippen LogP contribution is -2.25. The highest BCUT2D eigenvalue weighted by molar-refractivity contribution is 5.89. The number of aromatic nitrogens is 2. The molecule has 0 fully saturated rings. The first-order chi connectivity index (χ1) is 9.56. The van der Waals surface area contributed by atoms with Crippen LogP contribution < -0.4 is 10.9 Å². The minimum absolute atomic E-state index is 0.000702. The molecule has 0 radical (unpaired) electrons. The van der Waals surface area contributed by atoms with E-state index in [1.54, 1.807) is 19.2 Å². The molecule has 0 spiro atoms. The number of hydrogen-bond acceptors (Lipinski definition) is 3. The molecule has 0 atom stereocenters. The van der Waals surface area contributed by atoms with E-state index in [-0.39, 0.29) is 29.5 Å². The Labute approximate surface area is 115 Å². The molecule has 0 saturated carbocycles. The van der Waals surface area contributed by atoms with Crippen LogP contribution in [-0.4, -0.2) is 15.5 Å². The molecule has 0 unspecified atom stereocenters. The van der Waals surface area contributed by atoms with Crippen molar-refractivity contribution in [1.29, 1.82) is 0 Å². The van der Waals surface area contributed by atoms with Crippen LogP contribution in [0, 0.1) is 5.82 Å². The Bertz CT molecular complexity index is 682. The number of halogens is 1. The smallest absolute Gasteiger partial charge is 0.293 e. The van der Waals surface area contributed by atoms with Gasteiger partial charge in [-0.15, -0.1) is 0 Å². The number of aryl methyl sites for hydroxylation is 2. The summed E-state index contributed by atoms with van der Waals surface area (Å²) in [4.78, 5) is 27.2. The second-order valence-corrected chi connectivity index (χ2v) is 4.37. The minimum atomic E-state index is -0.369. The summed E-state index contributed by atoms with van der Waals surface area (Å²) in [5.41, 5.74) is 0.362. The summed E-state index contributed by atoms with van der Waals surface area (Å²) in [6.45, 7) is 0. The zero-order valence-electron chi connectivity index (χ0n) is 11.0. The normalized spacial score (nSPS) is 10.3. The summed E-state index contributed by atoms with van der Waals surface area (Å²) in [6.07, 6.45) is 3.49. The van der Waals surface area contributed by atoms with Crippen LogP contribution in [0.3, 0.4) is 0 Å². The number of amides is 1. The number of carbonyl (C=O) groups is 1. The predicted molar refractivity (Wildman–Crippen MR) is 72.8 cm³/mol. The van der Waals surface area contributed by atoms with Gasteiger partial charge in [-0.3, -0.25) is 9.59 Å². The van der Waals surface area contributed by atoms with E-state index in [1.165, 1.54) is 29.1 Å². The number of rotatable bonds is 4. The molecule has 20 heavy (non-hydrogen) atoms. The van der Waals surface area contributed by atoms with Gasteiger partial charge < -0.3 is 9.88 Å². The number of benzene rings is 1. The van der Waals surface area contributed by atoms with E-state index in [4.69, 9.17) is 0 Å². The summed E-state index contributed by atoms with van der Waals surface area (Å²) < 4.78 is 14.3. The van der Waals surface area contributed by atoms with Crippen molar-refractivity contribution in [2.45, 2.75) is 12.8 Å². The van der Waals surface area contributed by atoms with E-state index in [0.29, 0.717) is 6.42 Å². The monoisotopic (exact) mass is 275 g/mol. The molecule has 1 heterocycles. The van der Waals surface area contributed by atoms with Crippen molar-refractivity contribution in [3.05, 3.63) is 58.4 Å². The molecular formula is C14H14FN3O2. The van der Waals surface area contributed by atoms with E-state index in [2.05, 4.69) is 10.3 Å². The molecule has 5 nitrogen and oxygen atoms in total. The van der Waals surface area contributed by atoms with E-state index < -0.39 is 0 Å². The summed E-state index contributed by atoms with van der Waals surface area (Å²) in [5.74, 6) is -0.661. The van der Waals surface area contributed by atoms with Crippen LogP contribution in [0.5, 0.6) is 0 Å². The first-order valence-electron chi connectivity index (χ1n) is 6.12. The van der Waals surface area contributed by atoms with Gasteiger partial charge in [0, 0.05) is 25.9 Å². The fourth-order valence-corrected chi connectivity index (χ4v) is 1.73. The third-order valence-corrected chi connectivity index (χ3v) is 2.80. The summed E-state index contributed by atoms with van der Waals surface area (Å²) in [6, 6.07) is 6.07. The zero-order valence-corrected chi connectivity index (χ0v) is 11.0. The van der Waals surface area contributed by atoms with Gasteiger partial charge in [-0.25, -0.2) is 9.37 Å². The number of nitrogens with one attached hydrogen (secondary N) is 1. The first kappa shape index (κ1) is 13.9. The number of nitrogens with zero attached hydrogens (tertiary/aromatic N) is 2. The van der Waals surface area contributed by atoms with Gasteiger partial charge in [-0.1, -0.05) is 12.1 Å². The van der Waals surface area contributed by atoms with Crippen molar-refractivity contribution in [3.63, 3.8) is 0 Å². The average molecular weight is 275 g/mol. The highest BCUT2D eigenvalue weighted by Gasteiger charge is 2.08. The van der Waals surface area contributed by atoms with Gasteiger partial charge in [0.2, 0.25) is 5.91 Å². The van der Waals surface area contributed by atoms with E-state index in [1.807, 2.05) is 0 Å². The molecule has 0 aliphatic heterocycles. The van der Waals surface area contributed by atoms with Crippen LogP contribution in [-0.2, 0) is 18.3 Å². The Balaban J connectivity index is 1.96. The quantitative estimate of drug-likeness (QED) is 0.919. The molecule has 1 amide bonds. The van der Waals surface area contributed by atoms with Gasteiger partial charge in [0.1, 0.15) is 5.82 Å². The van der Waals surface area contributed by atoms with Crippen LogP contribution >= 0.6 is 0 Å².